The standard InChI is InChI=1S/C15H22O2S/c1-5-6-13-7-8-14(12(2)3)11-15(13)9-10-18(4,16)17/h5,7-8,11-12H,1,6,9-10H2,2-4H3. The molecule has 0 aliphatic carbocycles. The summed E-state index contributed by atoms with van der Waals surface area (Å²) in [6, 6.07) is 6.34. The van der Waals surface area contributed by atoms with Crippen molar-refractivity contribution in [2.45, 2.75) is 32.6 Å². The molecule has 0 N–H and O–H groups in total. The van der Waals surface area contributed by atoms with E-state index in [0.29, 0.717) is 12.3 Å². The Kier molecular flexibility index (Phi) is 5.15. The van der Waals surface area contributed by atoms with Crippen LogP contribution in [0.5, 0.6) is 0 Å². The van der Waals surface area contributed by atoms with Crippen LogP contribution in [0, 0.1) is 0 Å². The molecule has 18 heavy (non-hydrogen) atoms. The van der Waals surface area contributed by atoms with Crippen molar-refractivity contribution in [3.8, 4) is 0 Å². The predicted molar refractivity (Wildman–Crippen MR) is 77.8 cm³/mol. The normalized spacial score (nSPS) is 11.8. The molecule has 0 saturated heterocycles. The Morgan fingerprint density at radius 3 is 2.44 bits per heavy atom. The van der Waals surface area contributed by atoms with E-state index in [4.69, 9.17) is 0 Å². The maximum absolute atomic E-state index is 11.3. The highest BCUT2D eigenvalue weighted by molar-refractivity contribution is 7.90. The number of aryl methyl sites for hydroxylation is 1. The van der Waals surface area contributed by atoms with E-state index in [-0.39, 0.29) is 5.75 Å². The third-order valence-electron chi connectivity index (χ3n) is 3.00. The Labute approximate surface area is 111 Å². The molecule has 0 heterocycles. The molecule has 0 aliphatic heterocycles. The third kappa shape index (κ3) is 4.65. The second kappa shape index (κ2) is 6.19. The van der Waals surface area contributed by atoms with Gasteiger partial charge in [-0.3, -0.25) is 0 Å². The lowest BCUT2D eigenvalue weighted by molar-refractivity contribution is 0.601. The van der Waals surface area contributed by atoms with Crippen LogP contribution < -0.4 is 0 Å². The van der Waals surface area contributed by atoms with Gasteiger partial charge in [0.1, 0.15) is 9.84 Å². The van der Waals surface area contributed by atoms with Crippen molar-refractivity contribution in [1.29, 1.82) is 0 Å². The Morgan fingerprint density at radius 2 is 1.94 bits per heavy atom. The highest BCUT2D eigenvalue weighted by Crippen LogP contribution is 2.20. The molecule has 100 valence electrons. The van der Waals surface area contributed by atoms with Gasteiger partial charge in [0.2, 0.25) is 0 Å². The van der Waals surface area contributed by atoms with Gasteiger partial charge >= 0.3 is 0 Å². The summed E-state index contributed by atoms with van der Waals surface area (Å²) in [5, 5.41) is 0. The van der Waals surface area contributed by atoms with Gasteiger partial charge in [0.25, 0.3) is 0 Å². The molecule has 1 rings (SSSR count). The molecule has 0 aromatic heterocycles. The van der Waals surface area contributed by atoms with Gasteiger partial charge in [-0.05, 0) is 35.4 Å². The van der Waals surface area contributed by atoms with Gasteiger partial charge in [0.05, 0.1) is 5.75 Å². The minimum atomic E-state index is -2.91. The summed E-state index contributed by atoms with van der Waals surface area (Å²) in [5.74, 6) is 0.665. The van der Waals surface area contributed by atoms with Crippen LogP contribution in [0.2, 0.25) is 0 Å². The van der Waals surface area contributed by atoms with Crippen molar-refractivity contribution in [2.24, 2.45) is 0 Å². The van der Waals surface area contributed by atoms with Crippen LogP contribution in [0.1, 0.15) is 36.5 Å². The minimum absolute atomic E-state index is 0.207. The number of hydrogen-bond acceptors (Lipinski definition) is 2. The second-order valence-electron chi connectivity index (χ2n) is 5.06. The highest BCUT2D eigenvalue weighted by atomic mass is 32.2. The zero-order valence-electron chi connectivity index (χ0n) is 11.4. The molecule has 3 heteroatoms. The zero-order chi connectivity index (χ0) is 13.8. The summed E-state index contributed by atoms with van der Waals surface area (Å²) < 4.78 is 22.5. The van der Waals surface area contributed by atoms with Gasteiger partial charge in [0, 0.05) is 6.26 Å². The van der Waals surface area contributed by atoms with Gasteiger partial charge < -0.3 is 0 Å². The first-order valence-electron chi connectivity index (χ1n) is 6.24. The molecule has 0 fully saturated rings. The van der Waals surface area contributed by atoms with E-state index >= 15 is 0 Å². The van der Waals surface area contributed by atoms with E-state index in [0.717, 1.165) is 12.0 Å². The molecular weight excluding hydrogens is 244 g/mol. The van der Waals surface area contributed by atoms with E-state index in [1.807, 2.05) is 6.08 Å². The van der Waals surface area contributed by atoms with Crippen LogP contribution >= 0.6 is 0 Å². The average molecular weight is 266 g/mol. The predicted octanol–water partition coefficient (Wildman–Crippen LogP) is 3.13. The quantitative estimate of drug-likeness (QED) is 0.741. The van der Waals surface area contributed by atoms with Gasteiger partial charge in [-0.2, -0.15) is 0 Å². The van der Waals surface area contributed by atoms with E-state index < -0.39 is 9.84 Å². The van der Waals surface area contributed by atoms with E-state index in [1.54, 1.807) is 0 Å². The van der Waals surface area contributed by atoms with Gasteiger partial charge in [-0.1, -0.05) is 38.1 Å². The van der Waals surface area contributed by atoms with E-state index in [1.165, 1.54) is 17.4 Å². The van der Waals surface area contributed by atoms with Crippen molar-refractivity contribution >= 4 is 9.84 Å². The number of allylic oxidation sites excluding steroid dienone is 1. The lowest BCUT2D eigenvalue weighted by Gasteiger charge is -2.12. The van der Waals surface area contributed by atoms with Crippen LogP contribution in [-0.4, -0.2) is 20.4 Å². The highest BCUT2D eigenvalue weighted by Gasteiger charge is 2.09. The third-order valence-corrected chi connectivity index (χ3v) is 3.95. The Morgan fingerprint density at radius 1 is 1.28 bits per heavy atom. The number of benzene rings is 1. The van der Waals surface area contributed by atoms with Crippen molar-refractivity contribution in [3.05, 3.63) is 47.5 Å². The van der Waals surface area contributed by atoms with Crippen molar-refractivity contribution in [2.75, 3.05) is 12.0 Å². The van der Waals surface area contributed by atoms with Gasteiger partial charge in [0.15, 0.2) is 0 Å². The summed E-state index contributed by atoms with van der Waals surface area (Å²) >= 11 is 0. The Hall–Kier alpha value is -1.09. The fourth-order valence-electron chi connectivity index (χ4n) is 1.89. The van der Waals surface area contributed by atoms with E-state index in [2.05, 4.69) is 38.6 Å². The summed E-state index contributed by atoms with van der Waals surface area (Å²) in [6.07, 6.45) is 4.51. The maximum Gasteiger partial charge on any atom is 0.147 e. The fraction of sp³-hybridized carbons (Fsp3) is 0.467. The van der Waals surface area contributed by atoms with Crippen LogP contribution in [-0.2, 0) is 22.7 Å². The lowest BCUT2D eigenvalue weighted by atomic mass is 9.95. The molecule has 0 radical (unpaired) electrons. The molecule has 0 amide bonds. The molecule has 1 aromatic carbocycles. The molecule has 0 aliphatic rings. The first kappa shape index (κ1) is 15.0. The largest absolute Gasteiger partial charge is 0.229 e. The fourth-order valence-corrected chi connectivity index (χ4v) is 2.48. The van der Waals surface area contributed by atoms with Crippen molar-refractivity contribution in [3.63, 3.8) is 0 Å². The van der Waals surface area contributed by atoms with Crippen LogP contribution in [0.15, 0.2) is 30.9 Å². The SMILES string of the molecule is C=CCc1ccc(C(C)C)cc1CCS(C)(=O)=O. The molecule has 0 atom stereocenters. The Balaban J connectivity index is 3.03. The first-order valence-corrected chi connectivity index (χ1v) is 8.30. The maximum atomic E-state index is 11.3. The zero-order valence-corrected chi connectivity index (χ0v) is 12.3. The average Bonchev–Trinajstić information content (AvgIpc) is 2.26. The van der Waals surface area contributed by atoms with Crippen LogP contribution in [0.3, 0.4) is 0 Å². The van der Waals surface area contributed by atoms with Crippen LogP contribution in [0.25, 0.3) is 0 Å². The number of rotatable bonds is 6. The van der Waals surface area contributed by atoms with Crippen molar-refractivity contribution < 1.29 is 8.42 Å². The molecule has 1 aromatic rings. The molecule has 2 nitrogen and oxygen atoms in total. The Bertz CT molecular complexity index is 513. The molecule has 0 saturated carbocycles. The molecule has 0 spiro atoms. The van der Waals surface area contributed by atoms with Crippen molar-refractivity contribution in [1.82, 2.24) is 0 Å². The monoisotopic (exact) mass is 266 g/mol. The number of hydrogen-bond donors (Lipinski definition) is 0. The minimum Gasteiger partial charge on any atom is -0.229 e. The molecular formula is C15H22O2S. The number of sulfone groups is 1. The lowest BCUT2D eigenvalue weighted by Crippen LogP contribution is -2.08. The first-order chi connectivity index (χ1) is 8.33. The summed E-state index contributed by atoms with van der Waals surface area (Å²) in [7, 11) is -2.91. The summed E-state index contributed by atoms with van der Waals surface area (Å²) in [6.45, 7) is 8.03. The van der Waals surface area contributed by atoms with E-state index in [9.17, 15) is 8.42 Å². The van der Waals surface area contributed by atoms with Gasteiger partial charge in [-0.15, -0.1) is 6.58 Å². The topological polar surface area (TPSA) is 34.1 Å². The molecule has 0 unspecified atom stereocenters. The summed E-state index contributed by atoms with van der Waals surface area (Å²) in [4.78, 5) is 0. The smallest absolute Gasteiger partial charge is 0.147 e. The van der Waals surface area contributed by atoms with Gasteiger partial charge in [-0.25, -0.2) is 8.42 Å². The second-order valence-corrected chi connectivity index (χ2v) is 7.32. The summed E-state index contributed by atoms with van der Waals surface area (Å²) in [5.41, 5.74) is 3.57. The van der Waals surface area contributed by atoms with Crippen LogP contribution in [0.4, 0.5) is 0 Å². The molecule has 0 bridgehead atoms.